The van der Waals surface area contributed by atoms with Crippen molar-refractivity contribution in [3.8, 4) is 17.0 Å². The van der Waals surface area contributed by atoms with Crippen molar-refractivity contribution in [3.05, 3.63) is 60.3 Å². The van der Waals surface area contributed by atoms with Crippen LogP contribution in [0.4, 0.5) is 0 Å². The van der Waals surface area contributed by atoms with Crippen LogP contribution in [-0.2, 0) is 11.2 Å². The Morgan fingerprint density at radius 3 is 2.67 bits per heavy atom. The van der Waals surface area contributed by atoms with Gasteiger partial charge in [0, 0.05) is 18.2 Å². The van der Waals surface area contributed by atoms with Gasteiger partial charge in [-0.25, -0.2) is 4.98 Å². The van der Waals surface area contributed by atoms with Gasteiger partial charge in [-0.3, -0.25) is 4.79 Å². The summed E-state index contributed by atoms with van der Waals surface area (Å²) in [6.45, 7) is 0. The molecule has 0 unspecified atom stereocenters. The molecule has 4 rings (SSSR count). The van der Waals surface area contributed by atoms with E-state index in [0.29, 0.717) is 12.3 Å². The van der Waals surface area contributed by atoms with Crippen LogP contribution in [0.15, 0.2) is 54.7 Å². The zero-order chi connectivity index (χ0) is 18.6. The van der Waals surface area contributed by atoms with Crippen LogP contribution < -0.4 is 4.74 Å². The molecule has 0 radical (unpaired) electrons. The van der Waals surface area contributed by atoms with Gasteiger partial charge in [-0.05, 0) is 72.2 Å². The van der Waals surface area contributed by atoms with Gasteiger partial charge in [0.15, 0.2) is 0 Å². The van der Waals surface area contributed by atoms with Crippen molar-refractivity contribution in [2.45, 2.75) is 44.6 Å². The number of benzene rings is 2. The molecule has 4 heteroatoms. The van der Waals surface area contributed by atoms with E-state index in [2.05, 4.69) is 41.4 Å². The lowest BCUT2D eigenvalue weighted by molar-refractivity contribution is -0.136. The normalized spacial score (nSPS) is 14.5. The monoisotopic (exact) mass is 361 g/mol. The number of carboxylic acids is 1. The fourth-order valence-corrected chi connectivity index (χ4v) is 3.74. The fraction of sp³-hybridized carbons (Fsp3) is 0.304. The van der Waals surface area contributed by atoms with Crippen molar-refractivity contribution in [1.82, 2.24) is 4.98 Å². The van der Waals surface area contributed by atoms with Gasteiger partial charge >= 0.3 is 5.97 Å². The average molecular weight is 361 g/mol. The van der Waals surface area contributed by atoms with Crippen LogP contribution in [0.1, 0.15) is 37.7 Å². The number of ether oxygens (including phenoxy) is 1. The highest BCUT2D eigenvalue weighted by Crippen LogP contribution is 2.33. The lowest BCUT2D eigenvalue weighted by atomic mass is 9.99. The third-order valence-corrected chi connectivity index (χ3v) is 5.19. The minimum atomic E-state index is -0.767. The predicted octanol–water partition coefficient (Wildman–Crippen LogP) is 5.24. The molecule has 27 heavy (non-hydrogen) atoms. The molecule has 1 aromatic heterocycles. The Labute approximate surface area is 158 Å². The number of carbonyl (C=O) groups is 1. The number of hydrogen-bond acceptors (Lipinski definition) is 3. The Morgan fingerprint density at radius 1 is 1.07 bits per heavy atom. The minimum absolute atomic E-state index is 0.154. The SMILES string of the molecule is O=C(O)CCc1ccc2cc(-c3cccnc3OC3CCCC3)ccc2c1. The summed E-state index contributed by atoms with van der Waals surface area (Å²) in [5, 5.41) is 11.1. The van der Waals surface area contributed by atoms with Crippen molar-refractivity contribution in [3.63, 3.8) is 0 Å². The molecule has 0 spiro atoms. The molecule has 1 fully saturated rings. The molecule has 1 aliphatic rings. The van der Waals surface area contributed by atoms with E-state index in [-0.39, 0.29) is 12.5 Å². The molecule has 0 aliphatic heterocycles. The summed E-state index contributed by atoms with van der Waals surface area (Å²) >= 11 is 0. The van der Waals surface area contributed by atoms with Gasteiger partial charge in [0.1, 0.15) is 6.10 Å². The Hall–Kier alpha value is -2.88. The number of rotatable bonds is 6. The van der Waals surface area contributed by atoms with Crippen LogP contribution in [0.25, 0.3) is 21.9 Å². The van der Waals surface area contributed by atoms with Gasteiger partial charge in [-0.15, -0.1) is 0 Å². The molecule has 1 aliphatic carbocycles. The molecular weight excluding hydrogens is 338 g/mol. The summed E-state index contributed by atoms with van der Waals surface area (Å²) in [6, 6.07) is 16.5. The van der Waals surface area contributed by atoms with Crippen molar-refractivity contribution in [1.29, 1.82) is 0 Å². The summed E-state index contributed by atoms with van der Waals surface area (Å²) in [7, 11) is 0. The summed E-state index contributed by atoms with van der Waals surface area (Å²) < 4.78 is 6.18. The lowest BCUT2D eigenvalue weighted by Gasteiger charge is -2.15. The number of aromatic nitrogens is 1. The first-order valence-corrected chi connectivity index (χ1v) is 9.55. The van der Waals surface area contributed by atoms with Gasteiger partial charge in [0.2, 0.25) is 5.88 Å². The minimum Gasteiger partial charge on any atom is -0.481 e. The molecule has 0 amide bonds. The number of aryl methyl sites for hydroxylation is 1. The van der Waals surface area contributed by atoms with Gasteiger partial charge in [0.25, 0.3) is 0 Å². The van der Waals surface area contributed by atoms with E-state index >= 15 is 0 Å². The van der Waals surface area contributed by atoms with Crippen molar-refractivity contribution >= 4 is 16.7 Å². The predicted molar refractivity (Wildman–Crippen MR) is 106 cm³/mol. The molecule has 138 valence electrons. The number of aliphatic carboxylic acids is 1. The lowest BCUT2D eigenvalue weighted by Crippen LogP contribution is -2.12. The van der Waals surface area contributed by atoms with Crippen LogP contribution in [-0.4, -0.2) is 22.2 Å². The number of nitrogens with zero attached hydrogens (tertiary/aromatic N) is 1. The van der Waals surface area contributed by atoms with Crippen LogP contribution in [0, 0.1) is 0 Å². The smallest absolute Gasteiger partial charge is 0.303 e. The number of fused-ring (bicyclic) bond motifs is 1. The maximum Gasteiger partial charge on any atom is 0.303 e. The number of pyridine rings is 1. The Balaban J connectivity index is 1.62. The van der Waals surface area contributed by atoms with Gasteiger partial charge in [0.05, 0.1) is 0 Å². The Bertz CT molecular complexity index is 961. The summed E-state index contributed by atoms with van der Waals surface area (Å²) in [5.74, 6) is -0.0568. The molecule has 1 N–H and O–H groups in total. The van der Waals surface area contributed by atoms with Crippen LogP contribution >= 0.6 is 0 Å². The maximum absolute atomic E-state index is 10.8. The van der Waals surface area contributed by atoms with Crippen molar-refractivity contribution in [2.24, 2.45) is 0 Å². The van der Waals surface area contributed by atoms with Crippen LogP contribution in [0.3, 0.4) is 0 Å². The molecule has 0 bridgehead atoms. The van der Waals surface area contributed by atoms with E-state index in [1.54, 1.807) is 6.20 Å². The van der Waals surface area contributed by atoms with E-state index in [4.69, 9.17) is 9.84 Å². The van der Waals surface area contributed by atoms with Gasteiger partial charge < -0.3 is 9.84 Å². The first-order chi connectivity index (χ1) is 13.2. The van der Waals surface area contributed by atoms with Crippen molar-refractivity contribution < 1.29 is 14.6 Å². The second-order valence-electron chi connectivity index (χ2n) is 7.17. The van der Waals surface area contributed by atoms with Crippen LogP contribution in [0.2, 0.25) is 0 Å². The maximum atomic E-state index is 10.8. The second-order valence-corrected chi connectivity index (χ2v) is 7.17. The summed E-state index contributed by atoms with van der Waals surface area (Å²) in [5.41, 5.74) is 3.15. The molecule has 2 aromatic carbocycles. The zero-order valence-corrected chi connectivity index (χ0v) is 15.2. The standard InChI is InChI=1S/C23H23NO3/c25-22(26)12-8-16-7-9-18-15-19(11-10-17(18)14-16)21-6-3-13-24-23(21)27-20-4-1-2-5-20/h3,6-7,9-11,13-15,20H,1-2,4-5,8,12H2,(H,25,26). The highest BCUT2D eigenvalue weighted by molar-refractivity contribution is 5.88. The van der Waals surface area contributed by atoms with E-state index in [0.717, 1.165) is 40.3 Å². The van der Waals surface area contributed by atoms with E-state index < -0.39 is 5.97 Å². The Morgan fingerprint density at radius 2 is 1.85 bits per heavy atom. The van der Waals surface area contributed by atoms with Crippen molar-refractivity contribution in [2.75, 3.05) is 0 Å². The largest absolute Gasteiger partial charge is 0.481 e. The first kappa shape index (κ1) is 17.5. The number of carboxylic acid groups (broad SMARTS) is 1. The quantitative estimate of drug-likeness (QED) is 0.652. The summed E-state index contributed by atoms with van der Waals surface area (Å²) in [6.07, 6.45) is 7.43. The van der Waals surface area contributed by atoms with E-state index in [9.17, 15) is 4.79 Å². The topological polar surface area (TPSA) is 59.4 Å². The average Bonchev–Trinajstić information content (AvgIpc) is 3.19. The molecule has 1 heterocycles. The van der Waals surface area contributed by atoms with Gasteiger partial charge in [-0.1, -0.05) is 30.3 Å². The second kappa shape index (κ2) is 7.78. The highest BCUT2D eigenvalue weighted by Gasteiger charge is 2.19. The fourth-order valence-electron chi connectivity index (χ4n) is 3.74. The molecule has 3 aromatic rings. The first-order valence-electron chi connectivity index (χ1n) is 9.55. The highest BCUT2D eigenvalue weighted by atomic mass is 16.5. The van der Waals surface area contributed by atoms with E-state index in [1.165, 1.54) is 12.8 Å². The third kappa shape index (κ3) is 4.11. The Kier molecular flexibility index (Phi) is 5.05. The molecule has 1 saturated carbocycles. The molecule has 0 saturated heterocycles. The summed E-state index contributed by atoms with van der Waals surface area (Å²) in [4.78, 5) is 15.3. The molecular formula is C23H23NO3. The van der Waals surface area contributed by atoms with Crippen LogP contribution in [0.5, 0.6) is 5.88 Å². The third-order valence-electron chi connectivity index (χ3n) is 5.19. The van der Waals surface area contributed by atoms with Gasteiger partial charge in [-0.2, -0.15) is 0 Å². The molecule has 4 nitrogen and oxygen atoms in total. The molecule has 0 atom stereocenters. The number of hydrogen-bond donors (Lipinski definition) is 1. The zero-order valence-electron chi connectivity index (χ0n) is 15.2. The van der Waals surface area contributed by atoms with E-state index in [1.807, 2.05) is 12.1 Å².